The molecule has 102 valence electrons. The number of hydrogen-bond donors (Lipinski definition) is 1. The molecular weight excluding hydrogens is 232 g/mol. The van der Waals surface area contributed by atoms with Gasteiger partial charge in [0.1, 0.15) is 11.8 Å². The molecule has 2 N–H and O–H groups in total. The van der Waals surface area contributed by atoms with E-state index in [4.69, 9.17) is 15.2 Å². The van der Waals surface area contributed by atoms with Crippen LogP contribution in [0.4, 0.5) is 0 Å². The Balaban J connectivity index is 1.83. The largest absolute Gasteiger partial charge is 0.347 e. The quantitative estimate of drug-likeness (QED) is 0.773. The molecule has 1 aromatic heterocycles. The second-order valence-electron chi connectivity index (χ2n) is 5.07. The van der Waals surface area contributed by atoms with Gasteiger partial charge in [0.05, 0.1) is 12.8 Å². The van der Waals surface area contributed by atoms with Crippen LogP contribution < -0.4 is 5.73 Å². The van der Waals surface area contributed by atoms with Gasteiger partial charge < -0.3 is 15.2 Å². The lowest BCUT2D eigenvalue weighted by molar-refractivity contribution is -0.139. The van der Waals surface area contributed by atoms with Gasteiger partial charge in [0.25, 0.3) is 0 Å². The van der Waals surface area contributed by atoms with Gasteiger partial charge in [-0.3, -0.25) is 4.68 Å². The zero-order valence-corrected chi connectivity index (χ0v) is 11.1. The predicted octanol–water partition coefficient (Wildman–Crippen LogP) is 1.23. The fourth-order valence-electron chi connectivity index (χ4n) is 2.00. The Hall–Kier alpha value is -0.980. The number of aryl methyl sites for hydroxylation is 1. The first kappa shape index (κ1) is 13.5. The molecule has 0 spiro atoms. The molecule has 0 radical (unpaired) electrons. The molecule has 0 amide bonds. The van der Waals surface area contributed by atoms with Gasteiger partial charge in [-0.2, -0.15) is 0 Å². The van der Waals surface area contributed by atoms with Crippen LogP contribution in [0, 0.1) is 0 Å². The van der Waals surface area contributed by atoms with Crippen molar-refractivity contribution in [3.8, 4) is 0 Å². The summed E-state index contributed by atoms with van der Waals surface area (Å²) in [7, 11) is 0. The molecule has 1 saturated heterocycles. The number of hydrogen-bond acceptors (Lipinski definition) is 5. The Morgan fingerprint density at radius 2 is 2.28 bits per heavy atom. The van der Waals surface area contributed by atoms with Crippen molar-refractivity contribution in [2.45, 2.75) is 51.5 Å². The molecule has 1 aromatic rings. The summed E-state index contributed by atoms with van der Waals surface area (Å²) in [6, 6.07) is 0. The van der Waals surface area contributed by atoms with E-state index in [-0.39, 0.29) is 6.10 Å². The highest BCUT2D eigenvalue weighted by molar-refractivity contribution is 5.00. The number of unbranched alkanes of at least 4 members (excludes halogenated alkanes) is 2. The molecule has 1 aliphatic rings. The van der Waals surface area contributed by atoms with Gasteiger partial charge in [-0.05, 0) is 33.2 Å². The molecule has 6 nitrogen and oxygen atoms in total. The second kappa shape index (κ2) is 5.77. The maximum atomic E-state index is 5.74. The van der Waals surface area contributed by atoms with Gasteiger partial charge in [-0.25, -0.2) is 0 Å². The van der Waals surface area contributed by atoms with Crippen LogP contribution in [0.3, 0.4) is 0 Å². The minimum absolute atomic E-state index is 0.0993. The van der Waals surface area contributed by atoms with Crippen molar-refractivity contribution in [1.82, 2.24) is 15.0 Å². The van der Waals surface area contributed by atoms with Crippen molar-refractivity contribution >= 4 is 0 Å². The first-order valence-corrected chi connectivity index (χ1v) is 6.52. The smallest absolute Gasteiger partial charge is 0.163 e. The highest BCUT2D eigenvalue weighted by atomic mass is 16.7. The molecule has 2 rings (SSSR count). The van der Waals surface area contributed by atoms with Crippen LogP contribution in [0.15, 0.2) is 6.20 Å². The van der Waals surface area contributed by atoms with Crippen molar-refractivity contribution in [3.63, 3.8) is 0 Å². The Labute approximate surface area is 107 Å². The number of ether oxygens (including phenoxy) is 2. The first-order valence-electron chi connectivity index (χ1n) is 6.52. The molecular formula is C12H22N4O2. The van der Waals surface area contributed by atoms with E-state index in [2.05, 4.69) is 10.3 Å². The standard InChI is InChI=1S/C12H22N4O2/c1-12(2)17-9-11(18-12)10-8-16(15-14-10)7-5-3-4-6-13/h8,11H,3-7,9,13H2,1-2H3. The summed E-state index contributed by atoms with van der Waals surface area (Å²) in [6.07, 6.45) is 5.11. The van der Waals surface area contributed by atoms with Gasteiger partial charge in [-0.15, -0.1) is 5.10 Å². The average Bonchev–Trinajstić information content (AvgIpc) is 2.91. The number of nitrogens with two attached hydrogens (primary N) is 1. The molecule has 1 atom stereocenters. The molecule has 0 aliphatic carbocycles. The SMILES string of the molecule is CC1(C)OCC(c2cn(CCCCCN)nn2)O1. The van der Waals surface area contributed by atoms with Crippen molar-refractivity contribution in [2.24, 2.45) is 5.73 Å². The Morgan fingerprint density at radius 1 is 1.44 bits per heavy atom. The lowest BCUT2D eigenvalue weighted by Crippen LogP contribution is -2.19. The van der Waals surface area contributed by atoms with E-state index < -0.39 is 5.79 Å². The van der Waals surface area contributed by atoms with Crippen molar-refractivity contribution in [2.75, 3.05) is 13.2 Å². The van der Waals surface area contributed by atoms with Gasteiger partial charge in [0, 0.05) is 6.54 Å². The Bertz CT molecular complexity index is 378. The minimum Gasteiger partial charge on any atom is -0.347 e. The van der Waals surface area contributed by atoms with Gasteiger partial charge >= 0.3 is 0 Å². The summed E-state index contributed by atoms with van der Waals surface area (Å²) in [5, 5.41) is 8.25. The fourth-order valence-corrected chi connectivity index (χ4v) is 2.00. The molecule has 1 unspecified atom stereocenters. The zero-order valence-electron chi connectivity index (χ0n) is 11.1. The number of nitrogens with zero attached hydrogens (tertiary/aromatic N) is 3. The molecule has 18 heavy (non-hydrogen) atoms. The minimum atomic E-state index is -0.518. The van der Waals surface area contributed by atoms with E-state index >= 15 is 0 Å². The summed E-state index contributed by atoms with van der Waals surface area (Å²) in [6.45, 7) is 5.99. The van der Waals surface area contributed by atoms with Crippen LogP contribution in [-0.4, -0.2) is 33.9 Å². The molecule has 1 fully saturated rings. The highest BCUT2D eigenvalue weighted by Gasteiger charge is 2.35. The molecule has 0 bridgehead atoms. The van der Waals surface area contributed by atoms with E-state index in [0.717, 1.165) is 38.0 Å². The van der Waals surface area contributed by atoms with Gasteiger partial charge in [0.2, 0.25) is 0 Å². The second-order valence-corrected chi connectivity index (χ2v) is 5.07. The van der Waals surface area contributed by atoms with Gasteiger partial charge in [-0.1, -0.05) is 11.6 Å². The molecule has 1 aliphatic heterocycles. The number of aromatic nitrogens is 3. The summed E-state index contributed by atoms with van der Waals surface area (Å²) in [5.41, 5.74) is 6.30. The molecule has 2 heterocycles. The summed E-state index contributed by atoms with van der Waals surface area (Å²) in [5.74, 6) is -0.518. The Kier molecular flexibility index (Phi) is 4.31. The summed E-state index contributed by atoms with van der Waals surface area (Å²) >= 11 is 0. The average molecular weight is 254 g/mol. The lowest BCUT2D eigenvalue weighted by atomic mass is 10.2. The fraction of sp³-hybridized carbons (Fsp3) is 0.833. The van der Waals surface area contributed by atoms with E-state index in [1.54, 1.807) is 0 Å². The highest BCUT2D eigenvalue weighted by Crippen LogP contribution is 2.31. The lowest BCUT2D eigenvalue weighted by Gasteiger charge is -2.15. The normalized spacial score (nSPS) is 22.5. The van der Waals surface area contributed by atoms with Crippen LogP contribution in [0.5, 0.6) is 0 Å². The third kappa shape index (κ3) is 3.51. The van der Waals surface area contributed by atoms with E-state index in [0.29, 0.717) is 6.61 Å². The molecule has 6 heteroatoms. The van der Waals surface area contributed by atoms with Crippen LogP contribution in [0.25, 0.3) is 0 Å². The number of rotatable bonds is 6. The van der Waals surface area contributed by atoms with Crippen LogP contribution >= 0.6 is 0 Å². The van der Waals surface area contributed by atoms with Crippen LogP contribution in [0.2, 0.25) is 0 Å². The van der Waals surface area contributed by atoms with E-state index in [1.807, 2.05) is 24.7 Å². The van der Waals surface area contributed by atoms with Crippen molar-refractivity contribution in [1.29, 1.82) is 0 Å². The first-order chi connectivity index (χ1) is 8.61. The van der Waals surface area contributed by atoms with Crippen LogP contribution in [0.1, 0.15) is 44.9 Å². The van der Waals surface area contributed by atoms with E-state index in [1.165, 1.54) is 0 Å². The zero-order chi connectivity index (χ0) is 13.0. The monoisotopic (exact) mass is 254 g/mol. The van der Waals surface area contributed by atoms with Crippen LogP contribution in [-0.2, 0) is 16.0 Å². The summed E-state index contributed by atoms with van der Waals surface area (Å²) in [4.78, 5) is 0. The van der Waals surface area contributed by atoms with Crippen molar-refractivity contribution < 1.29 is 9.47 Å². The Morgan fingerprint density at radius 3 is 2.94 bits per heavy atom. The third-order valence-corrected chi connectivity index (χ3v) is 2.99. The summed E-state index contributed by atoms with van der Waals surface area (Å²) < 4.78 is 13.1. The molecule has 0 saturated carbocycles. The van der Waals surface area contributed by atoms with E-state index in [9.17, 15) is 0 Å². The van der Waals surface area contributed by atoms with Gasteiger partial charge in [0.15, 0.2) is 5.79 Å². The maximum absolute atomic E-state index is 5.74. The predicted molar refractivity (Wildman–Crippen MR) is 66.8 cm³/mol. The third-order valence-electron chi connectivity index (χ3n) is 2.99. The molecule has 0 aromatic carbocycles. The maximum Gasteiger partial charge on any atom is 0.163 e. The topological polar surface area (TPSA) is 75.2 Å². The van der Waals surface area contributed by atoms with Crippen molar-refractivity contribution in [3.05, 3.63) is 11.9 Å².